The Kier molecular flexibility index (Phi) is 5.36. The molecule has 116 valence electrons. The summed E-state index contributed by atoms with van der Waals surface area (Å²) in [6.07, 6.45) is 0. The van der Waals surface area contributed by atoms with Crippen molar-refractivity contribution in [1.29, 1.82) is 0 Å². The fourth-order valence-electron chi connectivity index (χ4n) is 1.85. The molecule has 0 bridgehead atoms. The van der Waals surface area contributed by atoms with E-state index in [1.54, 1.807) is 6.07 Å². The third-order valence-electron chi connectivity index (χ3n) is 3.10. The predicted molar refractivity (Wildman–Crippen MR) is 81.5 cm³/mol. The van der Waals surface area contributed by atoms with Crippen LogP contribution < -0.4 is 14.8 Å². The van der Waals surface area contributed by atoms with Crippen LogP contribution >= 0.6 is 0 Å². The first-order chi connectivity index (χ1) is 10.6. The highest BCUT2D eigenvalue weighted by atomic mass is 19.1. The van der Waals surface area contributed by atoms with Gasteiger partial charge < -0.3 is 14.8 Å². The van der Waals surface area contributed by atoms with Crippen LogP contribution in [-0.4, -0.2) is 19.6 Å². The molecule has 0 unspecified atom stereocenters. The fourth-order valence-corrected chi connectivity index (χ4v) is 1.85. The number of amides is 1. The molecule has 0 aliphatic carbocycles. The van der Waals surface area contributed by atoms with Gasteiger partial charge in [-0.3, -0.25) is 4.79 Å². The Bertz CT molecular complexity index is 641. The largest absolute Gasteiger partial charge is 0.494 e. The molecule has 2 aromatic rings. The average Bonchev–Trinajstić information content (AvgIpc) is 2.52. The first-order valence-electron chi connectivity index (χ1n) is 6.87. The molecule has 0 heterocycles. The van der Waals surface area contributed by atoms with E-state index in [9.17, 15) is 9.18 Å². The van der Waals surface area contributed by atoms with Crippen molar-refractivity contribution in [3.8, 4) is 11.5 Å². The van der Waals surface area contributed by atoms with Gasteiger partial charge in [-0.2, -0.15) is 0 Å². The van der Waals surface area contributed by atoms with Crippen LogP contribution in [0.5, 0.6) is 11.5 Å². The van der Waals surface area contributed by atoms with E-state index in [1.165, 1.54) is 19.2 Å². The van der Waals surface area contributed by atoms with Gasteiger partial charge in [-0.05, 0) is 36.8 Å². The van der Waals surface area contributed by atoms with Gasteiger partial charge in [0.1, 0.15) is 5.75 Å². The Morgan fingerprint density at radius 2 is 1.91 bits per heavy atom. The summed E-state index contributed by atoms with van der Waals surface area (Å²) in [5.74, 6) is 0.0935. The maximum absolute atomic E-state index is 13.5. The second-order valence-electron chi connectivity index (χ2n) is 4.85. The summed E-state index contributed by atoms with van der Waals surface area (Å²) >= 11 is 0. The molecule has 5 heteroatoms. The van der Waals surface area contributed by atoms with Crippen molar-refractivity contribution < 1.29 is 18.7 Å². The summed E-state index contributed by atoms with van der Waals surface area (Å²) in [5.41, 5.74) is 1.78. The maximum atomic E-state index is 13.5. The SMILES string of the molecule is COc1ccc(CNC(=O)COc2ccc(C)cc2)cc1F. The Morgan fingerprint density at radius 3 is 2.55 bits per heavy atom. The quantitative estimate of drug-likeness (QED) is 0.892. The third kappa shape index (κ3) is 4.48. The van der Waals surface area contributed by atoms with Crippen molar-refractivity contribution in [2.75, 3.05) is 13.7 Å². The Morgan fingerprint density at radius 1 is 1.18 bits per heavy atom. The molecule has 0 aliphatic heterocycles. The van der Waals surface area contributed by atoms with Crippen molar-refractivity contribution in [2.45, 2.75) is 13.5 Å². The van der Waals surface area contributed by atoms with Crippen molar-refractivity contribution in [2.24, 2.45) is 0 Å². The van der Waals surface area contributed by atoms with E-state index < -0.39 is 5.82 Å². The lowest BCUT2D eigenvalue weighted by Gasteiger charge is -2.09. The smallest absolute Gasteiger partial charge is 0.258 e. The van der Waals surface area contributed by atoms with Gasteiger partial charge in [-0.1, -0.05) is 23.8 Å². The highest BCUT2D eigenvalue weighted by Crippen LogP contribution is 2.17. The van der Waals surface area contributed by atoms with Gasteiger partial charge in [-0.25, -0.2) is 4.39 Å². The Hall–Kier alpha value is -2.56. The summed E-state index contributed by atoms with van der Waals surface area (Å²) in [6.45, 7) is 2.13. The topological polar surface area (TPSA) is 47.6 Å². The van der Waals surface area contributed by atoms with E-state index in [0.29, 0.717) is 11.3 Å². The number of aryl methyl sites for hydroxylation is 1. The number of nitrogens with one attached hydrogen (secondary N) is 1. The van der Waals surface area contributed by atoms with Crippen molar-refractivity contribution >= 4 is 5.91 Å². The van der Waals surface area contributed by atoms with Gasteiger partial charge in [-0.15, -0.1) is 0 Å². The molecule has 0 atom stereocenters. The zero-order chi connectivity index (χ0) is 15.9. The van der Waals surface area contributed by atoms with E-state index in [-0.39, 0.29) is 24.8 Å². The van der Waals surface area contributed by atoms with Crippen LogP contribution in [0, 0.1) is 12.7 Å². The second kappa shape index (κ2) is 7.45. The van der Waals surface area contributed by atoms with Crippen LogP contribution in [0.3, 0.4) is 0 Å². The van der Waals surface area contributed by atoms with E-state index in [1.807, 2.05) is 31.2 Å². The van der Waals surface area contributed by atoms with E-state index >= 15 is 0 Å². The van der Waals surface area contributed by atoms with Crippen LogP contribution in [0.15, 0.2) is 42.5 Å². The van der Waals surface area contributed by atoms with E-state index in [4.69, 9.17) is 9.47 Å². The number of carbonyl (C=O) groups excluding carboxylic acids is 1. The number of carbonyl (C=O) groups is 1. The van der Waals surface area contributed by atoms with Gasteiger partial charge in [0.25, 0.3) is 5.91 Å². The monoisotopic (exact) mass is 303 g/mol. The highest BCUT2D eigenvalue weighted by Gasteiger charge is 2.06. The molecule has 0 fully saturated rings. The highest BCUT2D eigenvalue weighted by molar-refractivity contribution is 5.77. The van der Waals surface area contributed by atoms with Crippen molar-refractivity contribution in [1.82, 2.24) is 5.32 Å². The summed E-state index contributed by atoms with van der Waals surface area (Å²) in [6, 6.07) is 12.0. The normalized spacial score (nSPS) is 10.1. The summed E-state index contributed by atoms with van der Waals surface area (Å²) in [7, 11) is 1.41. The van der Waals surface area contributed by atoms with Crippen LogP contribution in [0.4, 0.5) is 4.39 Å². The standard InChI is InChI=1S/C17H18FNO3/c1-12-3-6-14(7-4-12)22-11-17(20)19-10-13-5-8-16(21-2)15(18)9-13/h3-9H,10-11H2,1-2H3,(H,19,20). The first-order valence-corrected chi connectivity index (χ1v) is 6.87. The van der Waals surface area contributed by atoms with Gasteiger partial charge >= 0.3 is 0 Å². The number of benzene rings is 2. The zero-order valence-electron chi connectivity index (χ0n) is 12.6. The lowest BCUT2D eigenvalue weighted by molar-refractivity contribution is -0.123. The molecule has 4 nitrogen and oxygen atoms in total. The molecule has 0 aliphatic rings. The molecule has 0 saturated heterocycles. The Balaban J connectivity index is 1.80. The summed E-state index contributed by atoms with van der Waals surface area (Å²) < 4.78 is 23.7. The molecule has 2 rings (SSSR count). The number of hydrogen-bond donors (Lipinski definition) is 1. The molecule has 0 spiro atoms. The molecular weight excluding hydrogens is 285 g/mol. The zero-order valence-corrected chi connectivity index (χ0v) is 12.6. The minimum atomic E-state index is -0.454. The molecule has 0 radical (unpaired) electrons. The van der Waals surface area contributed by atoms with Crippen LogP contribution in [-0.2, 0) is 11.3 Å². The van der Waals surface area contributed by atoms with Gasteiger partial charge in [0.2, 0.25) is 0 Å². The second-order valence-corrected chi connectivity index (χ2v) is 4.85. The number of rotatable bonds is 6. The average molecular weight is 303 g/mol. The van der Waals surface area contributed by atoms with Crippen LogP contribution in [0.25, 0.3) is 0 Å². The van der Waals surface area contributed by atoms with E-state index in [0.717, 1.165) is 5.56 Å². The Labute approximate surface area is 128 Å². The van der Waals surface area contributed by atoms with Crippen molar-refractivity contribution in [3.05, 3.63) is 59.4 Å². The molecule has 1 N–H and O–H groups in total. The molecular formula is C17H18FNO3. The summed E-state index contributed by atoms with van der Waals surface area (Å²) in [5, 5.41) is 2.67. The lowest BCUT2D eigenvalue weighted by atomic mass is 10.2. The molecule has 0 aromatic heterocycles. The number of methoxy groups -OCH3 is 1. The molecule has 22 heavy (non-hydrogen) atoms. The van der Waals surface area contributed by atoms with Crippen LogP contribution in [0.2, 0.25) is 0 Å². The molecule has 1 amide bonds. The maximum Gasteiger partial charge on any atom is 0.258 e. The fraction of sp³-hybridized carbons (Fsp3) is 0.235. The van der Waals surface area contributed by atoms with Crippen LogP contribution in [0.1, 0.15) is 11.1 Å². The predicted octanol–water partition coefficient (Wildman–Crippen LogP) is 2.84. The number of halogens is 1. The van der Waals surface area contributed by atoms with Gasteiger partial charge in [0.05, 0.1) is 7.11 Å². The minimum absolute atomic E-state index is 0.0816. The first kappa shape index (κ1) is 15.8. The van der Waals surface area contributed by atoms with Crippen molar-refractivity contribution in [3.63, 3.8) is 0 Å². The number of ether oxygens (including phenoxy) is 2. The van der Waals surface area contributed by atoms with Gasteiger partial charge in [0.15, 0.2) is 18.2 Å². The number of hydrogen-bond acceptors (Lipinski definition) is 3. The lowest BCUT2D eigenvalue weighted by Crippen LogP contribution is -2.28. The molecule has 0 saturated carbocycles. The summed E-state index contributed by atoms with van der Waals surface area (Å²) in [4.78, 5) is 11.7. The third-order valence-corrected chi connectivity index (χ3v) is 3.10. The van der Waals surface area contributed by atoms with Gasteiger partial charge in [0, 0.05) is 6.54 Å². The minimum Gasteiger partial charge on any atom is -0.494 e. The molecule has 2 aromatic carbocycles. The van der Waals surface area contributed by atoms with E-state index in [2.05, 4.69) is 5.32 Å².